The first kappa shape index (κ1) is 16.6. The van der Waals surface area contributed by atoms with Crippen LogP contribution in [0.1, 0.15) is 38.1 Å². The zero-order valence-corrected chi connectivity index (χ0v) is 16.0. The summed E-state index contributed by atoms with van der Waals surface area (Å²) < 4.78 is 2.96. The van der Waals surface area contributed by atoms with Crippen molar-refractivity contribution < 1.29 is 9.90 Å². The molecule has 0 amide bonds. The fourth-order valence-electron chi connectivity index (χ4n) is 4.82. The maximum Gasteiger partial charge on any atom is 0.182 e. The van der Waals surface area contributed by atoms with Crippen molar-refractivity contribution in [3.8, 4) is 5.69 Å². The molecule has 3 atom stereocenters. The smallest absolute Gasteiger partial charge is 0.182 e. The Bertz CT molecular complexity index is 871. The zero-order chi connectivity index (χ0) is 17.8. The lowest BCUT2D eigenvalue weighted by molar-refractivity contribution is -0.124. The van der Waals surface area contributed by atoms with Gasteiger partial charge in [0.15, 0.2) is 10.5 Å². The third-order valence-corrected chi connectivity index (χ3v) is 6.58. The molecule has 1 N–H and O–H groups in total. The highest BCUT2D eigenvalue weighted by atomic mass is 79.9. The summed E-state index contributed by atoms with van der Waals surface area (Å²) in [5.41, 5.74) is 3.62. The van der Waals surface area contributed by atoms with E-state index >= 15 is 0 Å². The number of para-hydroxylation sites is 1. The Morgan fingerprint density at radius 3 is 2.76 bits per heavy atom. The number of aliphatic hydroxyl groups is 1. The van der Waals surface area contributed by atoms with Gasteiger partial charge in [0.05, 0.1) is 12.0 Å². The summed E-state index contributed by atoms with van der Waals surface area (Å²) in [4.78, 5) is 17.4. The molecule has 25 heavy (non-hydrogen) atoms. The minimum Gasteiger partial charge on any atom is -0.515 e. The second kappa shape index (κ2) is 5.84. The van der Waals surface area contributed by atoms with Crippen molar-refractivity contribution in [2.75, 3.05) is 0 Å². The summed E-state index contributed by atoms with van der Waals surface area (Å²) >= 11 is 3.63. The van der Waals surface area contributed by atoms with E-state index in [0.29, 0.717) is 12.0 Å². The Labute approximate surface area is 155 Å². The first-order valence-corrected chi connectivity index (χ1v) is 9.47. The van der Waals surface area contributed by atoms with Gasteiger partial charge in [0.25, 0.3) is 0 Å². The number of aromatic nitrogens is 2. The summed E-state index contributed by atoms with van der Waals surface area (Å²) in [6.07, 6.45) is 3.40. The highest BCUT2D eigenvalue weighted by Gasteiger charge is 2.52. The first-order chi connectivity index (χ1) is 12.0. The molecule has 2 aliphatic rings. The van der Waals surface area contributed by atoms with Crippen LogP contribution in [0.15, 0.2) is 46.9 Å². The predicted octanol–water partition coefficient (Wildman–Crippen LogP) is 4.51. The maximum atomic E-state index is 12.5. The lowest BCUT2D eigenvalue weighted by Crippen LogP contribution is -2.48. The molecular weight excluding hydrogens is 380 g/mol. The van der Waals surface area contributed by atoms with Crippen LogP contribution in [0.2, 0.25) is 0 Å². The topological polar surface area (TPSA) is 55.1 Å². The van der Waals surface area contributed by atoms with E-state index < -0.39 is 0 Å². The average molecular weight is 401 g/mol. The fourth-order valence-corrected chi connectivity index (χ4v) is 5.42. The maximum absolute atomic E-state index is 12.5. The number of aliphatic hydroxyl groups excluding tert-OH is 1. The number of Topliss-reactive ketones (excluding diaryl/α,β-unsaturated/α-hetero) is 1. The van der Waals surface area contributed by atoms with Gasteiger partial charge in [-0.05, 0) is 53.2 Å². The molecule has 5 heteroatoms. The number of rotatable bonds is 1. The van der Waals surface area contributed by atoms with Crippen LogP contribution in [0, 0.1) is 11.8 Å². The van der Waals surface area contributed by atoms with E-state index in [4.69, 9.17) is 4.98 Å². The molecule has 2 aromatic rings. The second-order valence-electron chi connectivity index (χ2n) is 7.39. The van der Waals surface area contributed by atoms with Crippen LogP contribution >= 0.6 is 15.9 Å². The van der Waals surface area contributed by atoms with Crippen LogP contribution in [-0.2, 0) is 16.6 Å². The molecule has 130 valence electrons. The monoisotopic (exact) mass is 400 g/mol. The van der Waals surface area contributed by atoms with Gasteiger partial charge in [-0.15, -0.1) is 0 Å². The molecule has 1 fully saturated rings. The SMILES string of the molecule is C[C@@H]1C(=O)/C(=C\O)C[C@]2(C)c3nc(Br)n(-c4ccccc4)c3CC[C@@H]12. The van der Waals surface area contributed by atoms with Crippen molar-refractivity contribution in [2.24, 2.45) is 11.8 Å². The minimum atomic E-state index is -0.238. The molecule has 0 unspecified atom stereocenters. The third-order valence-electron chi connectivity index (χ3n) is 6.04. The minimum absolute atomic E-state index is 0.0787. The van der Waals surface area contributed by atoms with E-state index in [-0.39, 0.29) is 23.0 Å². The van der Waals surface area contributed by atoms with Gasteiger partial charge in [0.1, 0.15) is 0 Å². The summed E-state index contributed by atoms with van der Waals surface area (Å²) in [5.74, 6) is 0.239. The number of hydrogen-bond donors (Lipinski definition) is 1. The Morgan fingerprint density at radius 1 is 1.36 bits per heavy atom. The number of benzene rings is 1. The quantitative estimate of drug-likeness (QED) is 0.565. The molecule has 0 saturated heterocycles. The molecular formula is C20H21BrN2O2. The van der Waals surface area contributed by atoms with Crippen LogP contribution in [-0.4, -0.2) is 20.4 Å². The number of imidazole rings is 1. The van der Waals surface area contributed by atoms with Gasteiger partial charge in [0, 0.05) is 28.3 Å². The molecule has 1 aromatic heterocycles. The predicted molar refractivity (Wildman–Crippen MR) is 99.9 cm³/mol. The van der Waals surface area contributed by atoms with E-state index in [1.54, 1.807) is 0 Å². The summed E-state index contributed by atoms with van der Waals surface area (Å²) in [6.45, 7) is 4.18. The standard InChI is InChI=1S/C20H21BrN2O2/c1-12-15-8-9-16-18(20(15,2)10-13(11-24)17(12)25)22-19(21)23(16)14-6-4-3-5-7-14/h3-7,11-12,15,24H,8-10H2,1-2H3/b13-11-/t12-,15-,20-/m0/s1. The number of fused-ring (bicyclic) bond motifs is 3. The molecule has 2 aliphatic carbocycles. The van der Waals surface area contributed by atoms with Crippen molar-refractivity contribution in [2.45, 2.75) is 38.5 Å². The third kappa shape index (κ3) is 2.32. The second-order valence-corrected chi connectivity index (χ2v) is 8.10. The Balaban J connectivity index is 1.88. The van der Waals surface area contributed by atoms with Crippen LogP contribution in [0.5, 0.6) is 0 Å². The van der Waals surface area contributed by atoms with Gasteiger partial charge >= 0.3 is 0 Å². The van der Waals surface area contributed by atoms with Crippen LogP contribution in [0.4, 0.5) is 0 Å². The summed E-state index contributed by atoms with van der Waals surface area (Å²) in [7, 11) is 0. The van der Waals surface area contributed by atoms with Gasteiger partial charge in [-0.1, -0.05) is 32.0 Å². The van der Waals surface area contributed by atoms with E-state index in [0.717, 1.165) is 35.2 Å². The van der Waals surface area contributed by atoms with E-state index in [2.05, 4.69) is 39.6 Å². The zero-order valence-electron chi connectivity index (χ0n) is 14.4. The van der Waals surface area contributed by atoms with Gasteiger partial charge in [0.2, 0.25) is 0 Å². The average Bonchev–Trinajstić information content (AvgIpc) is 2.96. The molecule has 4 rings (SSSR count). The molecule has 0 radical (unpaired) electrons. The number of nitrogens with zero attached hydrogens (tertiary/aromatic N) is 2. The van der Waals surface area contributed by atoms with Crippen LogP contribution in [0.3, 0.4) is 0 Å². The van der Waals surface area contributed by atoms with Crippen molar-refractivity contribution in [1.29, 1.82) is 0 Å². The number of carbonyl (C=O) groups is 1. The number of allylic oxidation sites excluding steroid dienone is 1. The van der Waals surface area contributed by atoms with Gasteiger partial charge in [-0.3, -0.25) is 9.36 Å². The number of ketones is 1. The largest absolute Gasteiger partial charge is 0.515 e. The highest BCUT2D eigenvalue weighted by molar-refractivity contribution is 9.10. The van der Waals surface area contributed by atoms with E-state index in [1.807, 2.05) is 25.1 Å². The summed E-state index contributed by atoms with van der Waals surface area (Å²) in [5, 5.41) is 9.55. The van der Waals surface area contributed by atoms with Crippen molar-refractivity contribution in [3.05, 3.63) is 58.3 Å². The van der Waals surface area contributed by atoms with Crippen molar-refractivity contribution >= 4 is 21.7 Å². The Hall–Kier alpha value is -1.88. The normalized spacial score (nSPS) is 30.2. The molecule has 0 spiro atoms. The number of hydrogen-bond acceptors (Lipinski definition) is 3. The number of halogens is 1. The number of carbonyl (C=O) groups excluding carboxylic acids is 1. The van der Waals surface area contributed by atoms with Crippen molar-refractivity contribution in [3.63, 3.8) is 0 Å². The van der Waals surface area contributed by atoms with Gasteiger partial charge in [-0.2, -0.15) is 0 Å². The fraction of sp³-hybridized carbons (Fsp3) is 0.400. The molecule has 4 nitrogen and oxygen atoms in total. The van der Waals surface area contributed by atoms with Crippen molar-refractivity contribution in [1.82, 2.24) is 9.55 Å². The first-order valence-electron chi connectivity index (χ1n) is 8.68. The summed E-state index contributed by atoms with van der Waals surface area (Å²) in [6, 6.07) is 10.2. The van der Waals surface area contributed by atoms with Crippen LogP contribution in [0.25, 0.3) is 5.69 Å². The van der Waals surface area contributed by atoms with Gasteiger partial charge in [-0.25, -0.2) is 4.98 Å². The van der Waals surface area contributed by atoms with Crippen LogP contribution < -0.4 is 0 Å². The molecule has 1 heterocycles. The molecule has 1 aromatic carbocycles. The van der Waals surface area contributed by atoms with Gasteiger partial charge < -0.3 is 5.11 Å². The highest BCUT2D eigenvalue weighted by Crippen LogP contribution is 2.52. The Kier molecular flexibility index (Phi) is 3.87. The molecule has 0 bridgehead atoms. The van der Waals surface area contributed by atoms with E-state index in [9.17, 15) is 9.90 Å². The lowest BCUT2D eigenvalue weighted by Gasteiger charge is -2.47. The molecule has 0 aliphatic heterocycles. The Morgan fingerprint density at radius 2 is 2.08 bits per heavy atom. The van der Waals surface area contributed by atoms with E-state index in [1.165, 1.54) is 5.69 Å². The molecule has 1 saturated carbocycles. The lowest BCUT2D eigenvalue weighted by atomic mass is 9.56.